The van der Waals surface area contributed by atoms with Crippen molar-refractivity contribution in [1.29, 1.82) is 0 Å². The third-order valence-electron chi connectivity index (χ3n) is 7.62. The van der Waals surface area contributed by atoms with Crippen LogP contribution in [0.5, 0.6) is 0 Å². The monoisotopic (exact) mass is 402 g/mol. The van der Waals surface area contributed by atoms with Crippen molar-refractivity contribution in [2.75, 3.05) is 20.7 Å². The summed E-state index contributed by atoms with van der Waals surface area (Å²) in [7, 11) is 4.51. The molecule has 1 saturated carbocycles. The van der Waals surface area contributed by atoms with Gasteiger partial charge in [0, 0.05) is 16.9 Å². The molecule has 30 heavy (non-hydrogen) atoms. The zero-order valence-electron chi connectivity index (χ0n) is 18.4. The molecule has 1 N–H and O–H groups in total. The van der Waals surface area contributed by atoms with E-state index < -0.39 is 0 Å². The van der Waals surface area contributed by atoms with Crippen molar-refractivity contribution in [3.63, 3.8) is 0 Å². The lowest BCUT2D eigenvalue weighted by molar-refractivity contribution is -0.0997. The van der Waals surface area contributed by atoms with E-state index in [-0.39, 0.29) is 5.60 Å². The van der Waals surface area contributed by atoms with Crippen LogP contribution in [-0.4, -0.2) is 36.6 Å². The van der Waals surface area contributed by atoms with Gasteiger partial charge in [0.2, 0.25) is 0 Å². The van der Waals surface area contributed by atoms with Gasteiger partial charge in [-0.3, -0.25) is 0 Å². The summed E-state index contributed by atoms with van der Waals surface area (Å²) in [5, 5.41) is 1.39. The fourth-order valence-corrected chi connectivity index (χ4v) is 6.03. The average Bonchev–Trinajstić information content (AvgIpc) is 3.16. The van der Waals surface area contributed by atoms with E-state index in [4.69, 9.17) is 4.74 Å². The summed E-state index contributed by atoms with van der Waals surface area (Å²) < 4.78 is 6.54. The van der Waals surface area contributed by atoms with E-state index in [0.717, 1.165) is 38.2 Å². The van der Waals surface area contributed by atoms with Gasteiger partial charge in [0.05, 0.1) is 12.3 Å². The van der Waals surface area contributed by atoms with E-state index in [1.54, 1.807) is 0 Å². The Morgan fingerprint density at radius 2 is 1.77 bits per heavy atom. The third kappa shape index (κ3) is 3.59. The minimum absolute atomic E-state index is 0.0978. The summed E-state index contributed by atoms with van der Waals surface area (Å²) in [6, 6.07) is 20.3. The standard InChI is InChI=1S/C27H34N2O/c1-29(2)25(13-12-20-8-4-3-5-9-20)21-14-17-27(18-15-21)26-23(16-19-30-27)22-10-6-7-11-24(22)28-26/h3-11,21,25,28H,12-19H2,1-2H3. The lowest BCUT2D eigenvalue weighted by atomic mass is 9.71. The van der Waals surface area contributed by atoms with E-state index in [9.17, 15) is 0 Å². The van der Waals surface area contributed by atoms with E-state index >= 15 is 0 Å². The summed E-state index contributed by atoms with van der Waals surface area (Å²) in [6.45, 7) is 0.852. The van der Waals surface area contributed by atoms with Gasteiger partial charge >= 0.3 is 0 Å². The summed E-state index contributed by atoms with van der Waals surface area (Å²) >= 11 is 0. The maximum Gasteiger partial charge on any atom is 0.108 e. The number of rotatable bonds is 5. The van der Waals surface area contributed by atoms with Crippen LogP contribution >= 0.6 is 0 Å². The lowest BCUT2D eigenvalue weighted by Gasteiger charge is -2.45. The second kappa shape index (κ2) is 8.20. The number of aromatic nitrogens is 1. The van der Waals surface area contributed by atoms with Crippen LogP contribution in [0, 0.1) is 5.92 Å². The molecule has 1 aromatic heterocycles. The van der Waals surface area contributed by atoms with Gasteiger partial charge in [-0.1, -0.05) is 48.5 Å². The van der Waals surface area contributed by atoms with Gasteiger partial charge in [-0.25, -0.2) is 0 Å². The molecule has 158 valence electrons. The van der Waals surface area contributed by atoms with Crippen molar-refractivity contribution < 1.29 is 4.74 Å². The van der Waals surface area contributed by atoms with Crippen LogP contribution < -0.4 is 0 Å². The van der Waals surface area contributed by atoms with Crippen LogP contribution in [0.15, 0.2) is 54.6 Å². The molecule has 5 rings (SSSR count). The van der Waals surface area contributed by atoms with Crippen molar-refractivity contribution in [1.82, 2.24) is 9.88 Å². The molecule has 1 atom stereocenters. The first-order valence-electron chi connectivity index (χ1n) is 11.6. The van der Waals surface area contributed by atoms with E-state index in [1.807, 2.05) is 0 Å². The number of hydrogen-bond donors (Lipinski definition) is 1. The Labute approximate surface area is 180 Å². The highest BCUT2D eigenvalue weighted by Crippen LogP contribution is 2.48. The van der Waals surface area contributed by atoms with Crippen molar-refractivity contribution in [3.8, 4) is 0 Å². The maximum absolute atomic E-state index is 6.54. The van der Waals surface area contributed by atoms with E-state index in [2.05, 4.69) is 78.6 Å². The van der Waals surface area contributed by atoms with Gasteiger partial charge in [-0.2, -0.15) is 0 Å². The van der Waals surface area contributed by atoms with Crippen LogP contribution in [0.4, 0.5) is 0 Å². The Kier molecular flexibility index (Phi) is 5.43. The number of benzene rings is 2. The number of H-pyrrole nitrogens is 1. The number of aryl methyl sites for hydroxylation is 1. The molecule has 2 aliphatic rings. The predicted molar refractivity (Wildman–Crippen MR) is 124 cm³/mol. The first-order chi connectivity index (χ1) is 14.7. The van der Waals surface area contributed by atoms with Gasteiger partial charge < -0.3 is 14.6 Å². The Morgan fingerprint density at radius 1 is 1.03 bits per heavy atom. The highest BCUT2D eigenvalue weighted by Gasteiger charge is 2.44. The van der Waals surface area contributed by atoms with Crippen molar-refractivity contribution in [2.24, 2.45) is 5.92 Å². The van der Waals surface area contributed by atoms with E-state index in [1.165, 1.54) is 47.0 Å². The van der Waals surface area contributed by atoms with Gasteiger partial charge in [0.15, 0.2) is 0 Å². The Hall–Kier alpha value is -2.10. The van der Waals surface area contributed by atoms with Crippen molar-refractivity contribution in [3.05, 3.63) is 71.4 Å². The third-order valence-corrected chi connectivity index (χ3v) is 7.62. The predicted octanol–water partition coefficient (Wildman–Crippen LogP) is 5.69. The van der Waals surface area contributed by atoms with Gasteiger partial charge in [0.1, 0.15) is 5.60 Å². The normalized spacial score (nSPS) is 25.0. The molecule has 0 saturated heterocycles. The molecule has 1 aliphatic heterocycles. The van der Waals surface area contributed by atoms with Crippen LogP contribution in [0.25, 0.3) is 10.9 Å². The minimum atomic E-state index is -0.0978. The highest BCUT2D eigenvalue weighted by atomic mass is 16.5. The fourth-order valence-electron chi connectivity index (χ4n) is 6.03. The second-order valence-electron chi connectivity index (χ2n) is 9.51. The quantitative estimate of drug-likeness (QED) is 0.594. The molecular weight excluding hydrogens is 368 g/mol. The molecule has 0 radical (unpaired) electrons. The molecular formula is C27H34N2O. The van der Waals surface area contributed by atoms with Gasteiger partial charge in [-0.15, -0.1) is 0 Å². The zero-order chi connectivity index (χ0) is 20.6. The summed E-state index contributed by atoms with van der Waals surface area (Å²) in [4.78, 5) is 6.21. The number of fused-ring (bicyclic) bond motifs is 4. The van der Waals surface area contributed by atoms with Crippen LogP contribution in [-0.2, 0) is 23.2 Å². The summed E-state index contributed by atoms with van der Waals surface area (Å²) in [6.07, 6.45) is 8.17. The smallest absolute Gasteiger partial charge is 0.108 e. The maximum atomic E-state index is 6.54. The van der Waals surface area contributed by atoms with Crippen LogP contribution in [0.1, 0.15) is 48.9 Å². The Bertz CT molecular complexity index is 983. The van der Waals surface area contributed by atoms with Crippen molar-refractivity contribution >= 4 is 10.9 Å². The number of nitrogens with one attached hydrogen (secondary N) is 1. The van der Waals surface area contributed by atoms with Crippen LogP contribution in [0.3, 0.4) is 0 Å². The minimum Gasteiger partial charge on any atom is -0.368 e. The first-order valence-corrected chi connectivity index (χ1v) is 11.6. The van der Waals surface area contributed by atoms with Gasteiger partial charge in [0.25, 0.3) is 0 Å². The SMILES string of the molecule is CN(C)C(CCc1ccccc1)C1CCC2(CC1)OCCc1c2[nH]c2ccccc12. The summed E-state index contributed by atoms with van der Waals surface area (Å²) in [5.74, 6) is 0.743. The first kappa shape index (κ1) is 19.8. The van der Waals surface area contributed by atoms with Crippen LogP contribution in [0.2, 0.25) is 0 Å². The number of aromatic amines is 1. The largest absolute Gasteiger partial charge is 0.368 e. The average molecular weight is 403 g/mol. The molecule has 3 aromatic rings. The molecule has 1 spiro atoms. The molecule has 2 heterocycles. The molecule has 0 bridgehead atoms. The molecule has 1 aliphatic carbocycles. The topological polar surface area (TPSA) is 28.3 Å². The Balaban J connectivity index is 1.32. The number of ether oxygens (including phenoxy) is 1. The molecule has 2 aromatic carbocycles. The molecule has 0 amide bonds. The second-order valence-corrected chi connectivity index (χ2v) is 9.51. The molecule has 3 nitrogen and oxygen atoms in total. The number of nitrogens with zero attached hydrogens (tertiary/aromatic N) is 1. The molecule has 1 unspecified atom stereocenters. The Morgan fingerprint density at radius 3 is 2.53 bits per heavy atom. The lowest BCUT2D eigenvalue weighted by Crippen LogP contribution is -2.44. The fraction of sp³-hybridized carbons (Fsp3) is 0.481. The number of para-hydroxylation sites is 1. The van der Waals surface area contributed by atoms with E-state index in [0.29, 0.717) is 6.04 Å². The zero-order valence-corrected chi connectivity index (χ0v) is 18.4. The number of hydrogen-bond acceptors (Lipinski definition) is 2. The molecule has 3 heteroatoms. The summed E-state index contributed by atoms with van der Waals surface area (Å²) in [5.41, 5.74) is 5.50. The van der Waals surface area contributed by atoms with Gasteiger partial charge in [-0.05, 0) is 82.2 Å². The van der Waals surface area contributed by atoms with Crippen molar-refractivity contribution in [2.45, 2.75) is 56.6 Å². The highest BCUT2D eigenvalue weighted by molar-refractivity contribution is 5.85. The molecule has 1 fully saturated rings.